The van der Waals surface area contributed by atoms with E-state index in [1.165, 1.54) is 7.11 Å². The van der Waals surface area contributed by atoms with E-state index in [1.807, 2.05) is 6.92 Å². The van der Waals surface area contributed by atoms with Gasteiger partial charge in [0.1, 0.15) is 10.6 Å². The van der Waals surface area contributed by atoms with E-state index in [0.717, 1.165) is 22.9 Å². The van der Waals surface area contributed by atoms with E-state index in [0.29, 0.717) is 12.4 Å². The standard InChI is InChI=1S/C13H18BrNO4S/c1-9-6-12(18-2)13(7-11(9)14)20(16,17)15-8-10-4-3-5-19-10/h6-7,10,15H,3-5,8H2,1-2H3/t10-/m1/s1. The third-order valence-electron chi connectivity index (χ3n) is 3.26. The SMILES string of the molecule is COc1cc(C)c(Br)cc1S(=O)(=O)NC[C@H]1CCCO1. The van der Waals surface area contributed by atoms with Crippen molar-refractivity contribution in [3.63, 3.8) is 0 Å². The molecular formula is C13H18BrNO4S. The van der Waals surface area contributed by atoms with Crippen molar-refractivity contribution in [2.45, 2.75) is 30.8 Å². The molecule has 0 unspecified atom stereocenters. The maximum atomic E-state index is 12.4. The first-order chi connectivity index (χ1) is 9.44. The summed E-state index contributed by atoms with van der Waals surface area (Å²) in [6.45, 7) is 2.87. The smallest absolute Gasteiger partial charge is 0.244 e. The molecule has 1 aromatic rings. The van der Waals surface area contributed by atoms with E-state index in [4.69, 9.17) is 9.47 Å². The Hall–Kier alpha value is -0.630. The summed E-state index contributed by atoms with van der Waals surface area (Å²) in [4.78, 5) is 0.135. The molecule has 1 aromatic carbocycles. The maximum Gasteiger partial charge on any atom is 0.244 e. The van der Waals surface area contributed by atoms with Crippen molar-refractivity contribution in [2.75, 3.05) is 20.3 Å². The number of benzene rings is 1. The molecule has 7 heteroatoms. The zero-order valence-corrected chi connectivity index (χ0v) is 13.9. The van der Waals surface area contributed by atoms with Crippen molar-refractivity contribution >= 4 is 26.0 Å². The Bertz CT molecular complexity index is 582. The number of halogens is 1. The lowest BCUT2D eigenvalue weighted by Crippen LogP contribution is -2.32. The molecule has 1 saturated heterocycles. The van der Waals surface area contributed by atoms with Crippen LogP contribution in [0.5, 0.6) is 5.75 Å². The molecule has 0 amide bonds. The first-order valence-electron chi connectivity index (χ1n) is 6.39. The van der Waals surface area contributed by atoms with Gasteiger partial charge in [-0.05, 0) is 37.5 Å². The third-order valence-corrected chi connectivity index (χ3v) is 5.56. The number of sulfonamides is 1. The van der Waals surface area contributed by atoms with Gasteiger partial charge in [-0.3, -0.25) is 0 Å². The topological polar surface area (TPSA) is 64.6 Å². The Morgan fingerprint density at radius 3 is 2.85 bits per heavy atom. The summed E-state index contributed by atoms with van der Waals surface area (Å²) in [6.07, 6.45) is 1.83. The Labute approximate surface area is 127 Å². The summed E-state index contributed by atoms with van der Waals surface area (Å²) in [5, 5.41) is 0. The summed E-state index contributed by atoms with van der Waals surface area (Å²) in [7, 11) is -2.15. The molecule has 112 valence electrons. The second kappa shape index (κ2) is 6.43. The van der Waals surface area contributed by atoms with Gasteiger partial charge in [0.25, 0.3) is 0 Å². The molecule has 1 aliphatic heterocycles. The van der Waals surface area contributed by atoms with Crippen LogP contribution in [0.1, 0.15) is 18.4 Å². The first kappa shape index (κ1) is 15.8. The van der Waals surface area contributed by atoms with Crippen LogP contribution >= 0.6 is 15.9 Å². The molecule has 0 spiro atoms. The van der Waals surface area contributed by atoms with Crippen LogP contribution in [0.25, 0.3) is 0 Å². The highest BCUT2D eigenvalue weighted by Crippen LogP contribution is 2.30. The number of aryl methyl sites for hydroxylation is 1. The van der Waals surface area contributed by atoms with E-state index in [1.54, 1.807) is 12.1 Å². The molecule has 20 heavy (non-hydrogen) atoms. The van der Waals surface area contributed by atoms with Crippen molar-refractivity contribution in [3.8, 4) is 5.75 Å². The molecular weight excluding hydrogens is 346 g/mol. The van der Waals surface area contributed by atoms with E-state index in [9.17, 15) is 8.42 Å². The van der Waals surface area contributed by atoms with Crippen molar-refractivity contribution < 1.29 is 17.9 Å². The number of hydrogen-bond donors (Lipinski definition) is 1. The van der Waals surface area contributed by atoms with Gasteiger partial charge < -0.3 is 9.47 Å². The molecule has 1 N–H and O–H groups in total. The van der Waals surface area contributed by atoms with Gasteiger partial charge in [-0.2, -0.15) is 0 Å². The van der Waals surface area contributed by atoms with Gasteiger partial charge in [-0.15, -0.1) is 0 Å². The number of rotatable bonds is 5. The van der Waals surface area contributed by atoms with Crippen LogP contribution in [-0.2, 0) is 14.8 Å². The van der Waals surface area contributed by atoms with Crippen LogP contribution in [0, 0.1) is 6.92 Å². The third kappa shape index (κ3) is 3.52. The van der Waals surface area contributed by atoms with Crippen LogP contribution in [0.3, 0.4) is 0 Å². The van der Waals surface area contributed by atoms with Crippen LogP contribution in [-0.4, -0.2) is 34.8 Å². The van der Waals surface area contributed by atoms with Gasteiger partial charge in [0.15, 0.2) is 0 Å². The van der Waals surface area contributed by atoms with Crippen LogP contribution in [0.4, 0.5) is 0 Å². The Morgan fingerprint density at radius 1 is 1.50 bits per heavy atom. The number of nitrogens with one attached hydrogen (secondary N) is 1. The van der Waals surface area contributed by atoms with Crippen molar-refractivity contribution in [2.24, 2.45) is 0 Å². The fourth-order valence-electron chi connectivity index (χ4n) is 2.09. The monoisotopic (exact) mass is 363 g/mol. The van der Waals surface area contributed by atoms with Gasteiger partial charge in [-0.1, -0.05) is 15.9 Å². The molecule has 0 radical (unpaired) electrons. The quantitative estimate of drug-likeness (QED) is 0.870. The average Bonchev–Trinajstić information content (AvgIpc) is 2.92. The predicted octanol–water partition coefficient (Wildman–Crippen LogP) is 2.22. The molecule has 2 rings (SSSR count). The van der Waals surface area contributed by atoms with E-state index < -0.39 is 10.0 Å². The summed E-state index contributed by atoms with van der Waals surface area (Å²) >= 11 is 3.35. The van der Waals surface area contributed by atoms with Gasteiger partial charge in [0.05, 0.1) is 13.2 Å². The van der Waals surface area contributed by atoms with Gasteiger partial charge in [0, 0.05) is 17.6 Å². The second-order valence-electron chi connectivity index (χ2n) is 4.74. The molecule has 1 atom stereocenters. The highest BCUT2D eigenvalue weighted by Gasteiger charge is 2.23. The van der Waals surface area contributed by atoms with E-state index in [-0.39, 0.29) is 17.5 Å². The normalized spacial score (nSPS) is 19.2. The number of hydrogen-bond acceptors (Lipinski definition) is 4. The van der Waals surface area contributed by atoms with Crippen LogP contribution < -0.4 is 9.46 Å². The van der Waals surface area contributed by atoms with Gasteiger partial charge >= 0.3 is 0 Å². The zero-order valence-electron chi connectivity index (χ0n) is 11.5. The summed E-state index contributed by atoms with van der Waals surface area (Å²) in [5.41, 5.74) is 0.917. The summed E-state index contributed by atoms with van der Waals surface area (Å²) in [6, 6.07) is 3.26. The largest absolute Gasteiger partial charge is 0.495 e. The Kier molecular flexibility index (Phi) is 5.06. The minimum absolute atomic E-state index is 0.0374. The maximum absolute atomic E-state index is 12.4. The molecule has 0 aromatic heterocycles. The van der Waals surface area contributed by atoms with E-state index in [2.05, 4.69) is 20.7 Å². The molecule has 0 saturated carbocycles. The first-order valence-corrected chi connectivity index (χ1v) is 8.67. The zero-order chi connectivity index (χ0) is 14.8. The summed E-state index contributed by atoms with van der Waals surface area (Å²) < 4.78 is 38.6. The van der Waals surface area contributed by atoms with Crippen molar-refractivity contribution in [1.29, 1.82) is 0 Å². The van der Waals surface area contributed by atoms with Crippen LogP contribution in [0.15, 0.2) is 21.5 Å². The predicted molar refractivity (Wildman–Crippen MR) is 79.6 cm³/mol. The second-order valence-corrected chi connectivity index (χ2v) is 7.33. The lowest BCUT2D eigenvalue weighted by atomic mass is 10.2. The molecule has 0 bridgehead atoms. The fourth-order valence-corrected chi connectivity index (χ4v) is 3.83. The average molecular weight is 364 g/mol. The fraction of sp³-hybridized carbons (Fsp3) is 0.538. The highest BCUT2D eigenvalue weighted by atomic mass is 79.9. The Morgan fingerprint density at radius 2 is 2.25 bits per heavy atom. The lowest BCUT2D eigenvalue weighted by Gasteiger charge is -2.14. The highest BCUT2D eigenvalue weighted by molar-refractivity contribution is 9.10. The lowest BCUT2D eigenvalue weighted by molar-refractivity contribution is 0.114. The van der Waals surface area contributed by atoms with Crippen molar-refractivity contribution in [1.82, 2.24) is 4.72 Å². The number of ether oxygens (including phenoxy) is 2. The van der Waals surface area contributed by atoms with Gasteiger partial charge in [-0.25, -0.2) is 13.1 Å². The Balaban J connectivity index is 2.21. The molecule has 1 heterocycles. The molecule has 1 fully saturated rings. The molecule has 0 aliphatic carbocycles. The van der Waals surface area contributed by atoms with Crippen molar-refractivity contribution in [3.05, 3.63) is 22.2 Å². The van der Waals surface area contributed by atoms with E-state index >= 15 is 0 Å². The minimum atomic E-state index is -3.61. The van der Waals surface area contributed by atoms with Gasteiger partial charge in [0.2, 0.25) is 10.0 Å². The summed E-state index contributed by atoms with van der Waals surface area (Å²) in [5.74, 6) is 0.338. The molecule has 5 nitrogen and oxygen atoms in total. The number of methoxy groups -OCH3 is 1. The minimum Gasteiger partial charge on any atom is -0.495 e. The van der Waals surface area contributed by atoms with Crippen LogP contribution in [0.2, 0.25) is 0 Å². The molecule has 1 aliphatic rings.